The number of carbonyl (C=O) groups is 2. The second-order valence-corrected chi connectivity index (χ2v) is 6.53. The normalized spacial score (nSPS) is 13.9. The Morgan fingerprint density at radius 3 is 2.68 bits per heavy atom. The van der Waals surface area contributed by atoms with Gasteiger partial charge in [0.05, 0.1) is 5.69 Å². The van der Waals surface area contributed by atoms with Crippen molar-refractivity contribution < 1.29 is 14.0 Å². The SMILES string of the molecule is O=C(CCc1ccc(F)cc1)c1[nH]c2cccc3c2c1CCCC3=O. The van der Waals surface area contributed by atoms with Crippen LogP contribution in [0.15, 0.2) is 42.5 Å². The molecule has 0 bridgehead atoms. The Morgan fingerprint density at radius 2 is 1.88 bits per heavy atom. The number of hydrogen-bond acceptors (Lipinski definition) is 2. The van der Waals surface area contributed by atoms with E-state index in [1.165, 1.54) is 12.1 Å². The first kappa shape index (κ1) is 15.8. The number of carbonyl (C=O) groups excluding carboxylic acids is 2. The average molecular weight is 335 g/mol. The van der Waals surface area contributed by atoms with E-state index in [9.17, 15) is 14.0 Å². The first-order valence-electron chi connectivity index (χ1n) is 8.58. The Balaban J connectivity index is 1.65. The summed E-state index contributed by atoms with van der Waals surface area (Å²) in [4.78, 5) is 28.3. The van der Waals surface area contributed by atoms with E-state index in [0.29, 0.717) is 25.0 Å². The summed E-state index contributed by atoms with van der Waals surface area (Å²) >= 11 is 0. The van der Waals surface area contributed by atoms with E-state index in [0.717, 1.165) is 40.4 Å². The highest BCUT2D eigenvalue weighted by molar-refractivity contribution is 6.12. The summed E-state index contributed by atoms with van der Waals surface area (Å²) in [5.41, 5.74) is 4.11. The Labute approximate surface area is 144 Å². The number of nitrogens with one attached hydrogen (secondary N) is 1. The first-order chi connectivity index (χ1) is 12.1. The van der Waals surface area contributed by atoms with Crippen molar-refractivity contribution in [2.75, 3.05) is 0 Å². The van der Waals surface area contributed by atoms with E-state index >= 15 is 0 Å². The molecule has 4 rings (SSSR count). The lowest BCUT2D eigenvalue weighted by atomic mass is 9.99. The Kier molecular flexibility index (Phi) is 3.96. The van der Waals surface area contributed by atoms with Crippen molar-refractivity contribution in [3.05, 3.63) is 70.7 Å². The zero-order valence-corrected chi connectivity index (χ0v) is 13.8. The molecule has 1 aliphatic rings. The van der Waals surface area contributed by atoms with Crippen LogP contribution in [0.2, 0.25) is 0 Å². The molecule has 3 aromatic rings. The summed E-state index contributed by atoms with van der Waals surface area (Å²) in [5, 5.41) is 0.912. The molecule has 4 heteroatoms. The fraction of sp³-hybridized carbons (Fsp3) is 0.238. The Morgan fingerprint density at radius 1 is 1.08 bits per heavy atom. The predicted octanol–water partition coefficient (Wildman–Crippen LogP) is 4.64. The zero-order chi connectivity index (χ0) is 17.4. The first-order valence-corrected chi connectivity index (χ1v) is 8.58. The van der Waals surface area contributed by atoms with E-state index < -0.39 is 0 Å². The van der Waals surface area contributed by atoms with Crippen LogP contribution in [0, 0.1) is 5.82 Å². The lowest BCUT2D eigenvalue weighted by molar-refractivity contribution is 0.0974. The number of hydrogen-bond donors (Lipinski definition) is 1. The molecular weight excluding hydrogens is 317 g/mol. The van der Waals surface area contributed by atoms with Gasteiger partial charge in [-0.15, -0.1) is 0 Å². The van der Waals surface area contributed by atoms with Crippen molar-refractivity contribution in [1.82, 2.24) is 4.98 Å². The zero-order valence-electron chi connectivity index (χ0n) is 13.8. The molecule has 0 saturated heterocycles. The van der Waals surface area contributed by atoms with Gasteiger partial charge < -0.3 is 4.98 Å². The highest BCUT2D eigenvalue weighted by Crippen LogP contribution is 2.32. The van der Waals surface area contributed by atoms with Crippen LogP contribution in [0.25, 0.3) is 10.9 Å². The van der Waals surface area contributed by atoms with Crippen LogP contribution in [0.3, 0.4) is 0 Å². The number of halogens is 1. The van der Waals surface area contributed by atoms with Crippen molar-refractivity contribution in [3.8, 4) is 0 Å². The van der Waals surface area contributed by atoms with Gasteiger partial charge in [0.1, 0.15) is 5.82 Å². The second-order valence-electron chi connectivity index (χ2n) is 6.53. The molecule has 126 valence electrons. The minimum Gasteiger partial charge on any atom is -0.352 e. The van der Waals surface area contributed by atoms with Crippen LogP contribution >= 0.6 is 0 Å². The standard InChI is InChI=1S/C21H18FNO2/c22-14-10-7-13(8-11-14)9-12-19(25)21-16-4-2-6-18(24)15-3-1-5-17(23-21)20(15)16/h1,3,5,7-8,10-11,23H,2,4,6,9,12H2. The van der Waals surface area contributed by atoms with Gasteiger partial charge in [0.25, 0.3) is 0 Å². The molecule has 0 unspecified atom stereocenters. The van der Waals surface area contributed by atoms with E-state index in [1.54, 1.807) is 12.1 Å². The van der Waals surface area contributed by atoms with E-state index in [-0.39, 0.29) is 17.4 Å². The van der Waals surface area contributed by atoms with Gasteiger partial charge in [-0.3, -0.25) is 9.59 Å². The molecule has 0 radical (unpaired) electrons. The molecule has 0 saturated carbocycles. The Hall–Kier alpha value is -2.75. The fourth-order valence-electron chi connectivity index (χ4n) is 3.63. The van der Waals surface area contributed by atoms with Crippen molar-refractivity contribution in [2.24, 2.45) is 0 Å². The summed E-state index contributed by atoms with van der Waals surface area (Å²) in [5.74, 6) is -0.0898. The summed E-state index contributed by atoms with van der Waals surface area (Å²) in [7, 11) is 0. The number of Topliss-reactive ketones (excluding diaryl/α,β-unsaturated/α-hetero) is 2. The summed E-state index contributed by atoms with van der Waals surface area (Å²) in [6.45, 7) is 0. The molecule has 1 N–H and O–H groups in total. The van der Waals surface area contributed by atoms with Gasteiger partial charge in [-0.1, -0.05) is 24.3 Å². The number of aromatic nitrogens is 1. The predicted molar refractivity (Wildman–Crippen MR) is 94.6 cm³/mol. The minimum atomic E-state index is -0.274. The topological polar surface area (TPSA) is 49.9 Å². The molecule has 0 aliphatic heterocycles. The molecule has 0 amide bonds. The second kappa shape index (κ2) is 6.28. The van der Waals surface area contributed by atoms with Crippen LogP contribution in [0.5, 0.6) is 0 Å². The van der Waals surface area contributed by atoms with Gasteiger partial charge in [0.2, 0.25) is 0 Å². The summed E-state index contributed by atoms with van der Waals surface area (Å²) in [6.07, 6.45) is 2.95. The van der Waals surface area contributed by atoms with Crippen LogP contribution in [-0.4, -0.2) is 16.6 Å². The molecule has 1 aliphatic carbocycles. The third kappa shape index (κ3) is 2.88. The van der Waals surface area contributed by atoms with Crippen molar-refractivity contribution >= 4 is 22.5 Å². The molecule has 2 aromatic carbocycles. The monoisotopic (exact) mass is 335 g/mol. The average Bonchev–Trinajstić information content (AvgIpc) is 2.90. The molecular formula is C21H18FNO2. The fourth-order valence-corrected chi connectivity index (χ4v) is 3.63. The highest BCUT2D eigenvalue weighted by atomic mass is 19.1. The molecule has 1 aromatic heterocycles. The lowest BCUT2D eigenvalue weighted by Gasteiger charge is -2.04. The smallest absolute Gasteiger partial charge is 0.179 e. The number of rotatable bonds is 4. The molecule has 0 spiro atoms. The minimum absolute atomic E-state index is 0.0378. The maximum absolute atomic E-state index is 13.0. The van der Waals surface area contributed by atoms with Gasteiger partial charge >= 0.3 is 0 Å². The third-order valence-corrected chi connectivity index (χ3v) is 4.89. The molecule has 1 heterocycles. The number of ketones is 2. The van der Waals surface area contributed by atoms with Crippen molar-refractivity contribution in [1.29, 1.82) is 0 Å². The highest BCUT2D eigenvalue weighted by Gasteiger charge is 2.24. The van der Waals surface area contributed by atoms with Crippen molar-refractivity contribution in [3.63, 3.8) is 0 Å². The largest absolute Gasteiger partial charge is 0.352 e. The van der Waals surface area contributed by atoms with Crippen LogP contribution < -0.4 is 0 Å². The van der Waals surface area contributed by atoms with Gasteiger partial charge in [0, 0.05) is 29.3 Å². The molecule has 0 fully saturated rings. The van der Waals surface area contributed by atoms with Gasteiger partial charge in [-0.2, -0.15) is 0 Å². The molecule has 0 atom stereocenters. The van der Waals surface area contributed by atoms with Crippen LogP contribution in [0.1, 0.15) is 51.2 Å². The van der Waals surface area contributed by atoms with Gasteiger partial charge in [-0.05, 0) is 48.6 Å². The number of H-pyrrole nitrogens is 1. The maximum atomic E-state index is 13.0. The third-order valence-electron chi connectivity index (χ3n) is 4.89. The number of aryl methyl sites for hydroxylation is 2. The summed E-state index contributed by atoms with van der Waals surface area (Å²) in [6, 6.07) is 11.9. The van der Waals surface area contributed by atoms with E-state index in [1.807, 2.05) is 18.2 Å². The van der Waals surface area contributed by atoms with Gasteiger partial charge in [0.15, 0.2) is 11.6 Å². The number of aromatic amines is 1. The number of benzene rings is 2. The molecule has 3 nitrogen and oxygen atoms in total. The van der Waals surface area contributed by atoms with E-state index in [4.69, 9.17) is 0 Å². The summed E-state index contributed by atoms with van der Waals surface area (Å²) < 4.78 is 13.0. The van der Waals surface area contributed by atoms with Crippen molar-refractivity contribution in [2.45, 2.75) is 32.1 Å². The maximum Gasteiger partial charge on any atom is 0.179 e. The van der Waals surface area contributed by atoms with Gasteiger partial charge in [-0.25, -0.2) is 4.39 Å². The Bertz CT molecular complexity index is 969. The van der Waals surface area contributed by atoms with Crippen LogP contribution in [0.4, 0.5) is 4.39 Å². The molecule has 25 heavy (non-hydrogen) atoms. The lowest BCUT2D eigenvalue weighted by Crippen LogP contribution is -2.05. The van der Waals surface area contributed by atoms with Crippen LogP contribution in [-0.2, 0) is 12.8 Å². The quantitative estimate of drug-likeness (QED) is 0.706. The van der Waals surface area contributed by atoms with E-state index in [2.05, 4.69) is 4.98 Å².